The summed E-state index contributed by atoms with van der Waals surface area (Å²) in [6.07, 6.45) is 3.60. The molecule has 4 aliphatic heterocycles. The number of anilines is 1. The highest BCUT2D eigenvalue weighted by atomic mass is 16.6. The summed E-state index contributed by atoms with van der Waals surface area (Å²) in [4.78, 5) is 16.2. The number of amides is 1. The van der Waals surface area contributed by atoms with Crippen LogP contribution in [0.3, 0.4) is 0 Å². The minimum Gasteiger partial charge on any atom is -0.504 e. The summed E-state index contributed by atoms with van der Waals surface area (Å²) in [5.41, 5.74) is 0.194. The first-order valence-electron chi connectivity index (χ1n) is 13.0. The molecule has 7 aliphatic rings. The molecule has 4 heterocycles. The second-order valence-corrected chi connectivity index (χ2v) is 11.6. The van der Waals surface area contributed by atoms with E-state index in [4.69, 9.17) is 9.47 Å². The zero-order valence-electron chi connectivity index (χ0n) is 19.6. The van der Waals surface area contributed by atoms with Gasteiger partial charge in [-0.25, -0.2) is 0 Å². The van der Waals surface area contributed by atoms with E-state index in [1.54, 1.807) is 6.07 Å². The number of benzene rings is 2. The van der Waals surface area contributed by atoms with Crippen LogP contribution in [0.15, 0.2) is 42.5 Å². The lowest BCUT2D eigenvalue weighted by Crippen LogP contribution is -2.87. The van der Waals surface area contributed by atoms with Gasteiger partial charge in [-0.2, -0.15) is 0 Å². The van der Waals surface area contributed by atoms with Gasteiger partial charge in [0.05, 0.1) is 11.0 Å². The normalized spacial score (nSPS) is 40.2. The van der Waals surface area contributed by atoms with Crippen molar-refractivity contribution in [1.29, 1.82) is 0 Å². The minimum atomic E-state index is -1.48. The van der Waals surface area contributed by atoms with E-state index in [2.05, 4.69) is 10.2 Å². The highest BCUT2D eigenvalue weighted by Gasteiger charge is 2.82. The van der Waals surface area contributed by atoms with E-state index >= 15 is 0 Å². The molecule has 1 amide bonds. The zero-order chi connectivity index (χ0) is 23.6. The summed E-state index contributed by atoms with van der Waals surface area (Å²) in [6, 6.07) is 13.2. The first kappa shape index (κ1) is 20.6. The number of nitrogens with zero attached hydrogens (tertiary/aromatic N) is 1. The van der Waals surface area contributed by atoms with Crippen LogP contribution in [-0.4, -0.2) is 63.6 Å². The largest absolute Gasteiger partial charge is 0.504 e. The number of piperidine rings is 1. The molecular formula is C28H30N2O5. The number of phenols is 1. The van der Waals surface area contributed by atoms with E-state index < -0.39 is 28.8 Å². The molecular weight excluding hydrogens is 444 g/mol. The average Bonchev–Trinajstić information content (AvgIpc) is 3.60. The molecule has 7 heteroatoms. The number of hydrogen-bond acceptors (Lipinski definition) is 6. The Hall–Kier alpha value is -2.61. The lowest BCUT2D eigenvalue weighted by atomic mass is 9.44. The smallest absolute Gasteiger partial charge is 0.256 e. The molecule has 3 aliphatic carbocycles. The summed E-state index contributed by atoms with van der Waals surface area (Å²) in [5, 5.41) is 26.0. The fourth-order valence-corrected chi connectivity index (χ4v) is 8.33. The van der Waals surface area contributed by atoms with Crippen LogP contribution >= 0.6 is 0 Å². The Balaban J connectivity index is 1.28. The average molecular weight is 475 g/mol. The van der Waals surface area contributed by atoms with Crippen LogP contribution in [0, 0.1) is 5.92 Å². The molecule has 182 valence electrons. The molecule has 4 bridgehead atoms. The Morgan fingerprint density at radius 3 is 2.74 bits per heavy atom. The molecule has 2 spiro atoms. The van der Waals surface area contributed by atoms with Crippen molar-refractivity contribution in [1.82, 2.24) is 4.90 Å². The third-order valence-electron chi connectivity index (χ3n) is 9.90. The van der Waals surface area contributed by atoms with Crippen molar-refractivity contribution in [2.75, 3.05) is 18.4 Å². The Bertz CT molecular complexity index is 1250. The van der Waals surface area contributed by atoms with Crippen molar-refractivity contribution in [3.05, 3.63) is 53.6 Å². The number of rotatable bonds is 4. The van der Waals surface area contributed by atoms with Gasteiger partial charge in [-0.1, -0.05) is 24.3 Å². The number of aliphatic hydroxyl groups is 1. The number of carbonyl (C=O) groups is 1. The Morgan fingerprint density at radius 2 is 1.94 bits per heavy atom. The highest BCUT2D eigenvalue weighted by Crippen LogP contribution is 2.71. The third kappa shape index (κ3) is 2.40. The number of aromatic hydroxyl groups is 1. The molecule has 0 aromatic heterocycles. The van der Waals surface area contributed by atoms with Crippen LogP contribution < -0.4 is 10.1 Å². The van der Waals surface area contributed by atoms with Gasteiger partial charge in [0.25, 0.3) is 5.91 Å². The van der Waals surface area contributed by atoms with Crippen LogP contribution in [0.4, 0.5) is 5.69 Å². The van der Waals surface area contributed by atoms with Crippen molar-refractivity contribution < 1.29 is 24.5 Å². The summed E-state index contributed by atoms with van der Waals surface area (Å²) in [7, 11) is 0. The van der Waals surface area contributed by atoms with E-state index in [1.807, 2.05) is 36.4 Å². The molecule has 35 heavy (non-hydrogen) atoms. The quantitative estimate of drug-likeness (QED) is 0.631. The van der Waals surface area contributed by atoms with Gasteiger partial charge in [-0.15, -0.1) is 0 Å². The zero-order valence-corrected chi connectivity index (χ0v) is 19.6. The maximum absolute atomic E-state index is 13.6. The Kier molecular flexibility index (Phi) is 3.87. The maximum atomic E-state index is 13.6. The van der Waals surface area contributed by atoms with Crippen molar-refractivity contribution in [3.8, 4) is 11.5 Å². The van der Waals surface area contributed by atoms with E-state index in [-0.39, 0.29) is 17.7 Å². The molecule has 3 N–H and O–H groups in total. The fourth-order valence-electron chi connectivity index (χ4n) is 8.33. The predicted octanol–water partition coefficient (Wildman–Crippen LogP) is 2.73. The van der Waals surface area contributed by atoms with Gasteiger partial charge >= 0.3 is 0 Å². The minimum absolute atomic E-state index is 0.106. The number of carbonyl (C=O) groups excluding carboxylic acids is 1. The highest BCUT2D eigenvalue weighted by molar-refractivity contribution is 5.95. The number of phenolic OH excluding ortho intramolecular Hbond substituents is 1. The monoisotopic (exact) mass is 474 g/mol. The second-order valence-electron chi connectivity index (χ2n) is 11.6. The molecule has 6 unspecified atom stereocenters. The Morgan fingerprint density at radius 1 is 1.11 bits per heavy atom. The van der Waals surface area contributed by atoms with Gasteiger partial charge < -0.3 is 25.0 Å². The summed E-state index contributed by atoms with van der Waals surface area (Å²) in [6.45, 7) is 1.97. The molecule has 6 atom stereocenters. The molecule has 3 saturated heterocycles. The molecule has 2 aromatic rings. The number of likely N-dealkylation sites (tertiary alicyclic amines) is 1. The second kappa shape index (κ2) is 6.58. The standard InChI is InChI=1S/C28H30N2O5/c31-19-9-8-17-14-20-28-11-10-27(33,23(35-28)24(32)29-18-4-2-1-3-5-18)25-26(28,21(17)22(19)34-25)12-13-30(20)15-16-6-7-16/h1-5,8-9,16,20,23,25,31,33H,6-7,10-15H2,(H,29,32). The van der Waals surface area contributed by atoms with Crippen LogP contribution in [0.5, 0.6) is 11.5 Å². The first-order chi connectivity index (χ1) is 17.0. The van der Waals surface area contributed by atoms with E-state index in [9.17, 15) is 15.0 Å². The van der Waals surface area contributed by atoms with Crippen molar-refractivity contribution in [3.63, 3.8) is 0 Å². The molecule has 7 nitrogen and oxygen atoms in total. The summed E-state index contributed by atoms with van der Waals surface area (Å²) in [5.74, 6) is 0.997. The molecule has 5 fully saturated rings. The summed E-state index contributed by atoms with van der Waals surface area (Å²) < 4.78 is 13.5. The van der Waals surface area contributed by atoms with Crippen LogP contribution in [0.1, 0.15) is 43.2 Å². The SMILES string of the molecule is O=C(Nc1ccccc1)C1OC23CCC1(O)C1Oc4c(O)ccc5c4C12CCN(CC1CC1)C3C5. The topological polar surface area (TPSA) is 91.3 Å². The van der Waals surface area contributed by atoms with E-state index in [0.717, 1.165) is 37.4 Å². The fraction of sp³-hybridized carbons (Fsp3) is 0.536. The van der Waals surface area contributed by atoms with Gasteiger partial charge in [0, 0.05) is 23.8 Å². The van der Waals surface area contributed by atoms with Gasteiger partial charge in [0.2, 0.25) is 0 Å². The number of nitrogens with one attached hydrogen (secondary N) is 1. The van der Waals surface area contributed by atoms with Crippen molar-refractivity contribution in [2.24, 2.45) is 5.92 Å². The lowest BCUT2D eigenvalue weighted by molar-refractivity contribution is -0.344. The maximum Gasteiger partial charge on any atom is 0.256 e. The number of para-hydroxylation sites is 1. The van der Waals surface area contributed by atoms with Crippen LogP contribution in [0.2, 0.25) is 0 Å². The third-order valence-corrected chi connectivity index (χ3v) is 9.90. The molecule has 2 aromatic carbocycles. The van der Waals surface area contributed by atoms with Crippen molar-refractivity contribution in [2.45, 2.75) is 73.4 Å². The first-order valence-corrected chi connectivity index (χ1v) is 13.0. The molecule has 9 rings (SSSR count). The van der Waals surface area contributed by atoms with E-state index in [0.29, 0.717) is 24.3 Å². The van der Waals surface area contributed by atoms with Gasteiger partial charge in [-0.05, 0) is 74.8 Å². The molecule has 0 radical (unpaired) electrons. The number of fused-ring (bicyclic) bond motifs is 2. The van der Waals surface area contributed by atoms with Crippen molar-refractivity contribution >= 4 is 11.6 Å². The van der Waals surface area contributed by atoms with Gasteiger partial charge in [0.1, 0.15) is 11.7 Å². The number of ether oxygens (including phenoxy) is 2. The summed E-state index contributed by atoms with van der Waals surface area (Å²) >= 11 is 0. The van der Waals surface area contributed by atoms with Gasteiger partial charge in [-0.3, -0.25) is 9.69 Å². The van der Waals surface area contributed by atoms with Gasteiger partial charge in [0.15, 0.2) is 17.6 Å². The lowest BCUT2D eigenvalue weighted by Gasteiger charge is -2.72. The van der Waals surface area contributed by atoms with E-state index in [1.165, 1.54) is 18.4 Å². The predicted molar refractivity (Wildman–Crippen MR) is 127 cm³/mol. The van der Waals surface area contributed by atoms with Crippen LogP contribution in [0.25, 0.3) is 0 Å². The molecule has 2 saturated carbocycles. The van der Waals surface area contributed by atoms with Crippen LogP contribution in [-0.2, 0) is 21.4 Å². The Labute approximate surface area is 204 Å². The number of hydrogen-bond donors (Lipinski definition) is 3.